The van der Waals surface area contributed by atoms with Gasteiger partial charge in [0.2, 0.25) is 0 Å². The number of carbonyl (C=O) groups excluding carboxylic acids is 1. The van der Waals surface area contributed by atoms with Crippen LogP contribution in [0.25, 0.3) is 0 Å². The van der Waals surface area contributed by atoms with Crippen LogP contribution in [-0.2, 0) is 6.18 Å². The molecule has 0 saturated heterocycles. The van der Waals surface area contributed by atoms with Crippen LogP contribution in [0.5, 0.6) is 0 Å². The van der Waals surface area contributed by atoms with Crippen molar-refractivity contribution >= 4 is 5.91 Å². The van der Waals surface area contributed by atoms with E-state index in [1.54, 1.807) is 13.8 Å². The Hall–Kier alpha value is -2.10. The Morgan fingerprint density at radius 3 is 2.47 bits per heavy atom. The Balaban J connectivity index is 2.72. The number of halogens is 3. The molecule has 0 fully saturated rings. The van der Waals surface area contributed by atoms with Crippen LogP contribution in [0.4, 0.5) is 13.2 Å². The van der Waals surface area contributed by atoms with Crippen molar-refractivity contribution in [3.8, 4) is 6.07 Å². The quantitative estimate of drug-likeness (QED) is 0.917. The molecule has 0 saturated carbocycles. The van der Waals surface area contributed by atoms with Crippen molar-refractivity contribution in [3.05, 3.63) is 29.6 Å². The second kappa shape index (κ2) is 5.26. The average molecular weight is 271 g/mol. The highest BCUT2D eigenvalue weighted by molar-refractivity contribution is 5.92. The van der Waals surface area contributed by atoms with Gasteiger partial charge in [0.25, 0.3) is 5.91 Å². The lowest BCUT2D eigenvalue weighted by Crippen LogP contribution is -2.33. The summed E-state index contributed by atoms with van der Waals surface area (Å²) < 4.78 is 36.9. The van der Waals surface area contributed by atoms with E-state index in [2.05, 4.69) is 10.3 Å². The van der Waals surface area contributed by atoms with Crippen molar-refractivity contribution in [1.29, 1.82) is 5.26 Å². The molecule has 1 rings (SSSR count). The molecule has 0 radical (unpaired) electrons. The lowest BCUT2D eigenvalue weighted by Gasteiger charge is -2.15. The van der Waals surface area contributed by atoms with E-state index in [9.17, 15) is 18.0 Å². The van der Waals surface area contributed by atoms with Gasteiger partial charge in [-0.15, -0.1) is 0 Å². The number of carbonyl (C=O) groups is 1. The lowest BCUT2D eigenvalue weighted by molar-refractivity contribution is -0.137. The minimum absolute atomic E-state index is 0.0883. The normalized spacial score (nSPS) is 11.8. The van der Waals surface area contributed by atoms with E-state index < -0.39 is 23.1 Å². The zero-order valence-corrected chi connectivity index (χ0v) is 10.4. The molecular formula is C12H12F3N3O. The van der Waals surface area contributed by atoms with Crippen LogP contribution in [0.1, 0.15) is 29.9 Å². The summed E-state index contributed by atoms with van der Waals surface area (Å²) in [7, 11) is 0. The highest BCUT2D eigenvalue weighted by Crippen LogP contribution is 2.28. The molecule has 0 aromatic carbocycles. The van der Waals surface area contributed by atoms with Crippen LogP contribution in [0.3, 0.4) is 0 Å². The van der Waals surface area contributed by atoms with Crippen LogP contribution >= 0.6 is 0 Å². The zero-order valence-electron chi connectivity index (χ0n) is 10.4. The molecule has 0 bridgehead atoms. The van der Waals surface area contributed by atoms with E-state index >= 15 is 0 Å². The molecular weight excluding hydrogens is 259 g/mol. The average Bonchev–Trinajstić information content (AvgIpc) is 2.35. The molecule has 1 aromatic rings. The van der Waals surface area contributed by atoms with Crippen molar-refractivity contribution in [1.82, 2.24) is 10.3 Å². The number of nitrogens with one attached hydrogen (secondary N) is 1. The molecule has 1 heterocycles. The maximum absolute atomic E-state index is 12.3. The summed E-state index contributed by atoms with van der Waals surface area (Å²) in [6.07, 6.45) is -3.88. The number of hydrogen-bond donors (Lipinski definition) is 1. The second-order valence-corrected chi connectivity index (χ2v) is 4.61. The first-order chi connectivity index (χ1) is 8.65. The number of amides is 1. The Kier molecular flexibility index (Phi) is 4.14. The van der Waals surface area contributed by atoms with E-state index in [4.69, 9.17) is 5.26 Å². The fourth-order valence-corrected chi connectivity index (χ4v) is 1.13. The smallest absolute Gasteiger partial charge is 0.349 e. The zero-order chi connectivity index (χ0) is 14.7. The molecule has 0 aliphatic rings. The van der Waals surface area contributed by atoms with E-state index in [-0.39, 0.29) is 12.2 Å². The van der Waals surface area contributed by atoms with Crippen LogP contribution < -0.4 is 5.32 Å². The van der Waals surface area contributed by atoms with Gasteiger partial charge in [0.1, 0.15) is 5.69 Å². The largest absolute Gasteiger partial charge is 0.417 e. The summed E-state index contributed by atoms with van der Waals surface area (Å²) in [5.41, 5.74) is -1.79. The van der Waals surface area contributed by atoms with Gasteiger partial charge in [-0.05, 0) is 26.0 Å². The van der Waals surface area contributed by atoms with Gasteiger partial charge in [-0.3, -0.25) is 9.78 Å². The van der Waals surface area contributed by atoms with E-state index in [0.29, 0.717) is 6.20 Å². The van der Waals surface area contributed by atoms with E-state index in [1.807, 2.05) is 6.07 Å². The topological polar surface area (TPSA) is 65.8 Å². The summed E-state index contributed by atoms with van der Waals surface area (Å²) in [4.78, 5) is 15.1. The molecule has 1 amide bonds. The maximum Gasteiger partial charge on any atom is 0.417 e. The van der Waals surface area contributed by atoms with Gasteiger partial charge in [0, 0.05) is 12.7 Å². The van der Waals surface area contributed by atoms with Crippen molar-refractivity contribution in [2.45, 2.75) is 20.0 Å². The summed E-state index contributed by atoms with van der Waals surface area (Å²) in [5.74, 6) is -0.614. The van der Waals surface area contributed by atoms with Crippen molar-refractivity contribution in [2.24, 2.45) is 5.41 Å². The predicted molar refractivity (Wildman–Crippen MR) is 61.0 cm³/mol. The number of alkyl halides is 3. The molecule has 1 N–H and O–H groups in total. The highest BCUT2D eigenvalue weighted by Gasteiger charge is 2.31. The highest BCUT2D eigenvalue weighted by atomic mass is 19.4. The molecule has 0 aliphatic carbocycles. The molecule has 7 heteroatoms. The third-order valence-corrected chi connectivity index (χ3v) is 2.32. The van der Waals surface area contributed by atoms with Crippen LogP contribution in [0.2, 0.25) is 0 Å². The monoisotopic (exact) mass is 271 g/mol. The fraction of sp³-hybridized carbons (Fsp3) is 0.417. The molecule has 0 atom stereocenters. The van der Waals surface area contributed by atoms with Gasteiger partial charge in [-0.1, -0.05) is 0 Å². The SMILES string of the molecule is CC(C)(C#N)CNC(=O)c1ccc(C(F)(F)F)cn1. The van der Waals surface area contributed by atoms with Gasteiger partial charge in [-0.25, -0.2) is 0 Å². The van der Waals surface area contributed by atoms with E-state index in [1.165, 1.54) is 0 Å². The van der Waals surface area contributed by atoms with E-state index in [0.717, 1.165) is 12.1 Å². The number of rotatable bonds is 3. The van der Waals surface area contributed by atoms with Crippen LogP contribution in [0, 0.1) is 16.7 Å². The first kappa shape index (κ1) is 15.0. The Morgan fingerprint density at radius 1 is 1.42 bits per heavy atom. The number of hydrogen-bond acceptors (Lipinski definition) is 3. The molecule has 102 valence electrons. The second-order valence-electron chi connectivity index (χ2n) is 4.61. The van der Waals surface area contributed by atoms with Crippen LogP contribution in [-0.4, -0.2) is 17.4 Å². The Morgan fingerprint density at radius 2 is 2.05 bits per heavy atom. The van der Waals surface area contributed by atoms with Crippen molar-refractivity contribution < 1.29 is 18.0 Å². The Labute approximate surface area is 108 Å². The van der Waals surface area contributed by atoms with Gasteiger partial charge in [-0.2, -0.15) is 18.4 Å². The van der Waals surface area contributed by atoms with Crippen molar-refractivity contribution in [2.75, 3.05) is 6.54 Å². The van der Waals surface area contributed by atoms with Gasteiger partial charge < -0.3 is 5.32 Å². The van der Waals surface area contributed by atoms with Gasteiger partial charge >= 0.3 is 6.18 Å². The number of pyridine rings is 1. The molecule has 4 nitrogen and oxygen atoms in total. The molecule has 1 aromatic heterocycles. The van der Waals surface area contributed by atoms with Crippen LogP contribution in [0.15, 0.2) is 18.3 Å². The summed E-state index contributed by atoms with van der Waals surface area (Å²) in [6.45, 7) is 3.35. The summed E-state index contributed by atoms with van der Waals surface area (Å²) >= 11 is 0. The molecule has 0 unspecified atom stereocenters. The third-order valence-electron chi connectivity index (χ3n) is 2.32. The lowest BCUT2D eigenvalue weighted by atomic mass is 9.96. The molecule has 19 heavy (non-hydrogen) atoms. The Bertz CT molecular complexity index is 500. The fourth-order valence-electron chi connectivity index (χ4n) is 1.13. The minimum atomic E-state index is -4.48. The molecule has 0 aliphatic heterocycles. The van der Waals surface area contributed by atoms with Crippen molar-refractivity contribution in [3.63, 3.8) is 0 Å². The predicted octanol–water partition coefficient (Wildman–Crippen LogP) is 2.38. The number of nitrogens with zero attached hydrogens (tertiary/aromatic N) is 2. The third kappa shape index (κ3) is 4.25. The van der Waals surface area contributed by atoms with Gasteiger partial charge in [0.05, 0.1) is 17.0 Å². The number of nitriles is 1. The molecule has 0 spiro atoms. The standard InChI is InChI=1S/C12H12F3N3O/c1-11(2,6-16)7-18-10(19)9-4-3-8(5-17-9)12(13,14)15/h3-5H,7H2,1-2H3,(H,18,19). The summed E-state index contributed by atoms with van der Waals surface area (Å²) in [6, 6.07) is 3.78. The summed E-state index contributed by atoms with van der Waals surface area (Å²) in [5, 5.41) is 11.2. The first-order valence-electron chi connectivity index (χ1n) is 5.38. The minimum Gasteiger partial charge on any atom is -0.349 e. The van der Waals surface area contributed by atoms with Gasteiger partial charge in [0.15, 0.2) is 0 Å². The first-order valence-corrected chi connectivity index (χ1v) is 5.38. The number of aromatic nitrogens is 1. The maximum atomic E-state index is 12.3.